The first-order valence-corrected chi connectivity index (χ1v) is 5.59. The van der Waals surface area contributed by atoms with Crippen LogP contribution in [0.15, 0.2) is 18.3 Å². The number of nitrogens with zero attached hydrogens (tertiary/aromatic N) is 1. The number of rotatable bonds is 2. The number of nitrogen functional groups attached to an aromatic ring is 1. The number of nitrogens with one attached hydrogen (secondary N) is 1. The summed E-state index contributed by atoms with van der Waals surface area (Å²) in [5.41, 5.74) is 9.47. The fraction of sp³-hybridized carbons (Fsp3) is 0.250. The Bertz CT molecular complexity index is 537. The van der Waals surface area contributed by atoms with Crippen LogP contribution in [0.5, 0.6) is 0 Å². The monoisotopic (exact) mass is 235 g/mol. The average molecular weight is 236 g/mol. The van der Waals surface area contributed by atoms with Crippen molar-refractivity contribution < 1.29 is 0 Å². The quantitative estimate of drug-likeness (QED) is 0.841. The average Bonchev–Trinajstić information content (AvgIpc) is 2.22. The van der Waals surface area contributed by atoms with Crippen molar-refractivity contribution in [1.29, 1.82) is 0 Å². The van der Waals surface area contributed by atoms with Gasteiger partial charge in [0.2, 0.25) is 0 Å². The van der Waals surface area contributed by atoms with Gasteiger partial charge in [-0.3, -0.25) is 4.98 Å². The van der Waals surface area contributed by atoms with Crippen LogP contribution in [0.2, 0.25) is 5.02 Å². The molecule has 0 bridgehead atoms. The summed E-state index contributed by atoms with van der Waals surface area (Å²) < 4.78 is 0. The minimum atomic E-state index is 0.649. The van der Waals surface area contributed by atoms with Gasteiger partial charge in [0, 0.05) is 17.0 Å². The molecule has 0 aliphatic carbocycles. The lowest BCUT2D eigenvalue weighted by Crippen LogP contribution is -2.03. The summed E-state index contributed by atoms with van der Waals surface area (Å²) in [4.78, 5) is 4.34. The number of benzene rings is 1. The van der Waals surface area contributed by atoms with Gasteiger partial charge >= 0.3 is 0 Å². The molecule has 3 nitrogen and oxygen atoms in total. The Balaban J connectivity index is 2.80. The Morgan fingerprint density at radius 1 is 1.44 bits per heavy atom. The second kappa shape index (κ2) is 4.18. The van der Waals surface area contributed by atoms with E-state index >= 15 is 0 Å². The molecule has 2 aromatic rings. The van der Waals surface area contributed by atoms with Crippen molar-refractivity contribution in [1.82, 2.24) is 4.98 Å². The van der Waals surface area contributed by atoms with Crippen molar-refractivity contribution in [3.05, 3.63) is 28.9 Å². The molecule has 0 atom stereocenters. The molecule has 0 radical (unpaired) electrons. The number of pyridine rings is 1. The molecule has 0 fully saturated rings. The molecule has 0 spiro atoms. The van der Waals surface area contributed by atoms with Crippen molar-refractivity contribution in [3.63, 3.8) is 0 Å². The lowest BCUT2D eigenvalue weighted by atomic mass is 10.1. The molecule has 2 rings (SSSR count). The highest BCUT2D eigenvalue weighted by molar-refractivity contribution is 6.31. The second-order valence-electron chi connectivity index (χ2n) is 3.74. The van der Waals surface area contributed by atoms with Crippen molar-refractivity contribution in [2.45, 2.75) is 13.8 Å². The van der Waals surface area contributed by atoms with Gasteiger partial charge in [-0.2, -0.15) is 0 Å². The molecule has 0 amide bonds. The molecule has 0 aliphatic rings. The Morgan fingerprint density at radius 2 is 2.19 bits per heavy atom. The van der Waals surface area contributed by atoms with E-state index in [1.54, 1.807) is 6.20 Å². The molecule has 84 valence electrons. The molecule has 1 aromatic heterocycles. The van der Waals surface area contributed by atoms with Crippen LogP contribution < -0.4 is 11.1 Å². The Morgan fingerprint density at radius 3 is 2.88 bits per heavy atom. The Kier molecular flexibility index (Phi) is 2.88. The molecule has 1 heterocycles. The highest BCUT2D eigenvalue weighted by Crippen LogP contribution is 2.31. The van der Waals surface area contributed by atoms with Crippen LogP contribution in [0.1, 0.15) is 12.5 Å². The number of anilines is 2. The van der Waals surface area contributed by atoms with E-state index < -0.39 is 0 Å². The van der Waals surface area contributed by atoms with Crippen LogP contribution in [0.4, 0.5) is 11.4 Å². The first-order chi connectivity index (χ1) is 7.63. The number of hydrogen-bond acceptors (Lipinski definition) is 3. The molecular formula is C12H14ClN3. The summed E-state index contributed by atoms with van der Waals surface area (Å²) in [5, 5.41) is 4.93. The van der Waals surface area contributed by atoms with Gasteiger partial charge in [0.05, 0.1) is 23.1 Å². The summed E-state index contributed by atoms with van der Waals surface area (Å²) in [6.45, 7) is 4.84. The molecule has 0 unspecified atom stereocenters. The summed E-state index contributed by atoms with van der Waals surface area (Å²) in [6, 6.07) is 3.80. The van der Waals surface area contributed by atoms with Gasteiger partial charge in [0.25, 0.3) is 0 Å². The number of hydrogen-bond donors (Lipinski definition) is 2. The predicted molar refractivity (Wildman–Crippen MR) is 70.1 cm³/mol. The van der Waals surface area contributed by atoms with Crippen molar-refractivity contribution in [2.24, 2.45) is 0 Å². The third-order valence-electron chi connectivity index (χ3n) is 2.51. The van der Waals surface area contributed by atoms with E-state index in [0.717, 1.165) is 28.7 Å². The lowest BCUT2D eigenvalue weighted by Gasteiger charge is -2.12. The minimum absolute atomic E-state index is 0.649. The van der Waals surface area contributed by atoms with E-state index in [-0.39, 0.29) is 0 Å². The first-order valence-electron chi connectivity index (χ1n) is 5.21. The van der Waals surface area contributed by atoms with E-state index in [1.807, 2.05) is 26.0 Å². The normalized spacial score (nSPS) is 10.7. The zero-order valence-electron chi connectivity index (χ0n) is 9.34. The zero-order valence-corrected chi connectivity index (χ0v) is 10.1. The third kappa shape index (κ3) is 1.78. The van der Waals surface area contributed by atoms with Crippen LogP contribution in [0, 0.1) is 6.92 Å². The minimum Gasteiger partial charge on any atom is -0.396 e. The molecule has 0 saturated heterocycles. The number of aromatic nitrogens is 1. The van der Waals surface area contributed by atoms with Crippen molar-refractivity contribution in [3.8, 4) is 0 Å². The SMILES string of the molecule is CCNc1c(N)cnc2c(C)cc(Cl)cc12. The van der Waals surface area contributed by atoms with Crippen LogP contribution in [-0.2, 0) is 0 Å². The van der Waals surface area contributed by atoms with E-state index in [9.17, 15) is 0 Å². The van der Waals surface area contributed by atoms with Gasteiger partial charge in [-0.15, -0.1) is 0 Å². The number of fused-ring (bicyclic) bond motifs is 1. The van der Waals surface area contributed by atoms with Gasteiger partial charge in [-0.1, -0.05) is 11.6 Å². The summed E-state index contributed by atoms with van der Waals surface area (Å²) >= 11 is 6.05. The third-order valence-corrected chi connectivity index (χ3v) is 2.73. The van der Waals surface area contributed by atoms with Crippen LogP contribution >= 0.6 is 11.6 Å². The molecule has 3 N–H and O–H groups in total. The van der Waals surface area contributed by atoms with Crippen LogP contribution in [0.3, 0.4) is 0 Å². The molecule has 4 heteroatoms. The highest BCUT2D eigenvalue weighted by atomic mass is 35.5. The van der Waals surface area contributed by atoms with Gasteiger partial charge < -0.3 is 11.1 Å². The first kappa shape index (κ1) is 11.0. The second-order valence-corrected chi connectivity index (χ2v) is 4.17. The lowest BCUT2D eigenvalue weighted by molar-refractivity contribution is 1.21. The maximum Gasteiger partial charge on any atom is 0.0754 e. The van der Waals surface area contributed by atoms with E-state index in [1.165, 1.54) is 0 Å². The van der Waals surface area contributed by atoms with E-state index in [4.69, 9.17) is 17.3 Å². The molecule has 1 aromatic carbocycles. The molecule has 0 aliphatic heterocycles. The molecular weight excluding hydrogens is 222 g/mol. The number of nitrogens with two attached hydrogens (primary N) is 1. The van der Waals surface area contributed by atoms with E-state index in [2.05, 4.69) is 10.3 Å². The summed E-state index contributed by atoms with van der Waals surface area (Å²) in [7, 11) is 0. The maximum absolute atomic E-state index is 6.05. The fourth-order valence-electron chi connectivity index (χ4n) is 1.83. The van der Waals surface area contributed by atoms with Gasteiger partial charge in [-0.05, 0) is 31.5 Å². The van der Waals surface area contributed by atoms with Crippen LogP contribution in [0.25, 0.3) is 10.9 Å². The Hall–Kier alpha value is -1.48. The topological polar surface area (TPSA) is 50.9 Å². The largest absolute Gasteiger partial charge is 0.396 e. The zero-order chi connectivity index (χ0) is 11.7. The highest BCUT2D eigenvalue weighted by Gasteiger charge is 2.08. The smallest absolute Gasteiger partial charge is 0.0754 e. The summed E-state index contributed by atoms with van der Waals surface area (Å²) in [5.74, 6) is 0. The van der Waals surface area contributed by atoms with E-state index in [0.29, 0.717) is 10.7 Å². The molecule has 0 saturated carbocycles. The predicted octanol–water partition coefficient (Wildman–Crippen LogP) is 3.21. The number of aryl methyl sites for hydroxylation is 1. The fourth-order valence-corrected chi connectivity index (χ4v) is 2.10. The van der Waals surface area contributed by atoms with Gasteiger partial charge in [0.1, 0.15) is 0 Å². The molecule has 16 heavy (non-hydrogen) atoms. The summed E-state index contributed by atoms with van der Waals surface area (Å²) in [6.07, 6.45) is 1.68. The number of halogens is 1. The Labute approximate surface area is 99.6 Å². The van der Waals surface area contributed by atoms with Crippen molar-refractivity contribution >= 4 is 33.9 Å². The standard InChI is InChI=1S/C12H14ClN3/c1-3-15-12-9-5-8(13)4-7(2)11(9)16-6-10(12)14/h4-6H,3,14H2,1-2H3,(H,15,16). The van der Waals surface area contributed by atoms with Crippen molar-refractivity contribution in [2.75, 3.05) is 17.6 Å². The van der Waals surface area contributed by atoms with Gasteiger partial charge in [0.15, 0.2) is 0 Å². The van der Waals surface area contributed by atoms with Crippen LogP contribution in [-0.4, -0.2) is 11.5 Å². The van der Waals surface area contributed by atoms with Gasteiger partial charge in [-0.25, -0.2) is 0 Å². The maximum atomic E-state index is 6.05.